The SMILES string of the molecule is CC1NC(=O)CC(C(=O)N[C@@H](c2ccc(OC(F)(F)F)cc2)C(C)(C)C)N1. The third-order valence-corrected chi connectivity index (χ3v) is 4.13. The Labute approximate surface area is 155 Å². The molecule has 6 nitrogen and oxygen atoms in total. The summed E-state index contributed by atoms with van der Waals surface area (Å²) in [7, 11) is 0. The monoisotopic (exact) mass is 387 g/mol. The van der Waals surface area contributed by atoms with E-state index in [4.69, 9.17) is 0 Å². The number of hydrogen-bond donors (Lipinski definition) is 3. The van der Waals surface area contributed by atoms with Crippen LogP contribution in [0.2, 0.25) is 0 Å². The first-order valence-corrected chi connectivity index (χ1v) is 8.56. The Balaban J connectivity index is 2.16. The number of carbonyl (C=O) groups excluding carboxylic acids is 2. The van der Waals surface area contributed by atoms with Gasteiger partial charge in [-0.25, -0.2) is 0 Å². The predicted octanol–water partition coefficient (Wildman–Crippen LogP) is 2.61. The molecular weight excluding hydrogens is 363 g/mol. The van der Waals surface area contributed by atoms with Gasteiger partial charge in [-0.05, 0) is 30.0 Å². The van der Waals surface area contributed by atoms with Crippen LogP contribution in [0.4, 0.5) is 13.2 Å². The molecule has 1 fully saturated rings. The molecular formula is C18H24F3N3O3. The lowest BCUT2D eigenvalue weighted by molar-refractivity contribution is -0.274. The lowest BCUT2D eigenvalue weighted by Gasteiger charge is -2.35. The number of nitrogens with one attached hydrogen (secondary N) is 3. The van der Waals surface area contributed by atoms with E-state index in [0.717, 1.165) is 0 Å². The highest BCUT2D eigenvalue weighted by Gasteiger charge is 2.34. The molecule has 1 aromatic rings. The van der Waals surface area contributed by atoms with Gasteiger partial charge < -0.3 is 15.4 Å². The van der Waals surface area contributed by atoms with Gasteiger partial charge in [-0.1, -0.05) is 32.9 Å². The molecule has 2 amide bonds. The Hall–Kier alpha value is -2.29. The third kappa shape index (κ3) is 6.13. The minimum atomic E-state index is -4.76. The maximum absolute atomic E-state index is 12.6. The molecule has 1 saturated heterocycles. The third-order valence-electron chi connectivity index (χ3n) is 4.13. The smallest absolute Gasteiger partial charge is 0.406 e. The molecule has 2 unspecified atom stereocenters. The molecule has 1 aliphatic heterocycles. The Morgan fingerprint density at radius 1 is 1.22 bits per heavy atom. The average Bonchev–Trinajstić information content (AvgIpc) is 2.50. The summed E-state index contributed by atoms with van der Waals surface area (Å²) < 4.78 is 40.8. The van der Waals surface area contributed by atoms with Crippen molar-refractivity contribution < 1.29 is 27.5 Å². The zero-order valence-corrected chi connectivity index (χ0v) is 15.6. The molecule has 0 saturated carbocycles. The fourth-order valence-electron chi connectivity index (χ4n) is 2.96. The lowest BCUT2D eigenvalue weighted by Crippen LogP contribution is -2.60. The standard InChI is InChI=1S/C18H24F3N3O3/c1-10-22-13(9-14(25)23-10)16(26)24-15(17(2,3)4)11-5-7-12(8-6-11)27-18(19,20)21/h5-8,10,13,15,22H,9H2,1-4H3,(H,23,25)(H,24,26)/t10?,13?,15-/m0/s1. The molecule has 27 heavy (non-hydrogen) atoms. The van der Waals surface area contributed by atoms with Crippen LogP contribution in [0.5, 0.6) is 5.75 Å². The Morgan fingerprint density at radius 3 is 2.30 bits per heavy atom. The second-order valence-electron chi connectivity index (χ2n) is 7.64. The van der Waals surface area contributed by atoms with Crippen LogP contribution < -0.4 is 20.7 Å². The zero-order valence-electron chi connectivity index (χ0n) is 15.6. The summed E-state index contributed by atoms with van der Waals surface area (Å²) in [4.78, 5) is 24.3. The highest BCUT2D eigenvalue weighted by atomic mass is 19.4. The fourth-order valence-corrected chi connectivity index (χ4v) is 2.96. The summed E-state index contributed by atoms with van der Waals surface area (Å²) in [6.07, 6.45) is -5.07. The largest absolute Gasteiger partial charge is 0.573 e. The van der Waals surface area contributed by atoms with Crippen LogP contribution in [-0.4, -0.2) is 30.4 Å². The van der Waals surface area contributed by atoms with E-state index >= 15 is 0 Å². The van der Waals surface area contributed by atoms with Crippen molar-refractivity contribution in [3.63, 3.8) is 0 Å². The molecule has 0 spiro atoms. The van der Waals surface area contributed by atoms with E-state index in [2.05, 4.69) is 20.7 Å². The van der Waals surface area contributed by atoms with Crippen LogP contribution in [0.25, 0.3) is 0 Å². The van der Waals surface area contributed by atoms with Gasteiger partial charge in [0.25, 0.3) is 0 Å². The van der Waals surface area contributed by atoms with Gasteiger partial charge >= 0.3 is 6.36 Å². The summed E-state index contributed by atoms with van der Waals surface area (Å²) in [5, 5.41) is 8.58. The van der Waals surface area contributed by atoms with E-state index < -0.39 is 23.9 Å². The van der Waals surface area contributed by atoms with Gasteiger partial charge in [0, 0.05) is 0 Å². The molecule has 0 bridgehead atoms. The number of hydrogen-bond acceptors (Lipinski definition) is 4. The summed E-state index contributed by atoms with van der Waals surface area (Å²) in [5.41, 5.74) is 0.226. The summed E-state index contributed by atoms with van der Waals surface area (Å²) >= 11 is 0. The molecule has 1 aliphatic rings. The number of halogens is 3. The molecule has 0 aromatic heterocycles. The van der Waals surface area contributed by atoms with Crippen LogP contribution in [0, 0.1) is 5.41 Å². The number of alkyl halides is 3. The zero-order chi connectivity index (χ0) is 20.4. The summed E-state index contributed by atoms with van der Waals surface area (Å²) in [5.74, 6) is -0.890. The van der Waals surface area contributed by atoms with Crippen molar-refractivity contribution >= 4 is 11.8 Å². The molecule has 0 aliphatic carbocycles. The first kappa shape index (κ1) is 21.0. The summed E-state index contributed by atoms with van der Waals surface area (Å²) in [6, 6.07) is 4.25. The molecule has 1 heterocycles. The average molecular weight is 387 g/mol. The van der Waals surface area contributed by atoms with Crippen LogP contribution >= 0.6 is 0 Å². The minimum Gasteiger partial charge on any atom is -0.406 e. The normalized spacial score (nSPS) is 22.0. The van der Waals surface area contributed by atoms with Crippen molar-refractivity contribution in [1.29, 1.82) is 0 Å². The Morgan fingerprint density at radius 2 is 1.81 bits per heavy atom. The van der Waals surface area contributed by atoms with Crippen molar-refractivity contribution in [2.24, 2.45) is 5.41 Å². The molecule has 1 aromatic carbocycles. The van der Waals surface area contributed by atoms with E-state index in [9.17, 15) is 22.8 Å². The van der Waals surface area contributed by atoms with Crippen LogP contribution in [0.3, 0.4) is 0 Å². The van der Waals surface area contributed by atoms with E-state index in [0.29, 0.717) is 5.56 Å². The van der Waals surface area contributed by atoms with Crippen molar-refractivity contribution in [2.75, 3.05) is 0 Å². The quantitative estimate of drug-likeness (QED) is 0.742. The van der Waals surface area contributed by atoms with E-state index in [-0.39, 0.29) is 30.2 Å². The van der Waals surface area contributed by atoms with Gasteiger partial charge in [-0.15, -0.1) is 13.2 Å². The molecule has 3 N–H and O–H groups in total. The van der Waals surface area contributed by atoms with Gasteiger partial charge in [0.2, 0.25) is 11.8 Å². The van der Waals surface area contributed by atoms with Crippen LogP contribution in [0.15, 0.2) is 24.3 Å². The van der Waals surface area contributed by atoms with Gasteiger partial charge in [-0.3, -0.25) is 14.9 Å². The molecule has 0 radical (unpaired) electrons. The molecule has 2 rings (SSSR count). The van der Waals surface area contributed by atoms with Crippen molar-refractivity contribution in [2.45, 2.75) is 58.7 Å². The van der Waals surface area contributed by atoms with Gasteiger partial charge in [0.15, 0.2) is 0 Å². The van der Waals surface area contributed by atoms with Crippen molar-refractivity contribution in [3.8, 4) is 5.75 Å². The van der Waals surface area contributed by atoms with Gasteiger partial charge in [0.05, 0.1) is 24.7 Å². The van der Waals surface area contributed by atoms with Gasteiger partial charge in [-0.2, -0.15) is 0 Å². The number of ether oxygens (including phenoxy) is 1. The highest BCUT2D eigenvalue weighted by molar-refractivity contribution is 5.89. The molecule has 9 heteroatoms. The predicted molar refractivity (Wildman–Crippen MR) is 92.6 cm³/mol. The van der Waals surface area contributed by atoms with Crippen molar-refractivity contribution in [1.82, 2.24) is 16.0 Å². The van der Waals surface area contributed by atoms with Crippen molar-refractivity contribution in [3.05, 3.63) is 29.8 Å². The number of amides is 2. The maximum Gasteiger partial charge on any atom is 0.573 e. The van der Waals surface area contributed by atoms with E-state index in [1.165, 1.54) is 24.3 Å². The number of rotatable bonds is 4. The maximum atomic E-state index is 12.6. The molecule has 150 valence electrons. The summed E-state index contributed by atoms with van der Waals surface area (Å²) in [6.45, 7) is 7.45. The second kappa shape index (κ2) is 7.75. The Kier molecular flexibility index (Phi) is 6.04. The molecule has 3 atom stereocenters. The minimum absolute atomic E-state index is 0.0192. The first-order valence-electron chi connectivity index (χ1n) is 8.56. The number of carbonyl (C=O) groups is 2. The highest BCUT2D eigenvalue weighted by Crippen LogP contribution is 2.34. The topological polar surface area (TPSA) is 79.5 Å². The van der Waals surface area contributed by atoms with E-state index in [1.807, 2.05) is 20.8 Å². The van der Waals surface area contributed by atoms with Gasteiger partial charge in [0.1, 0.15) is 5.75 Å². The Bertz CT molecular complexity index is 684. The number of benzene rings is 1. The van der Waals surface area contributed by atoms with Crippen LogP contribution in [0.1, 0.15) is 45.7 Å². The second-order valence-corrected chi connectivity index (χ2v) is 7.64. The first-order chi connectivity index (χ1) is 12.3. The fraction of sp³-hybridized carbons (Fsp3) is 0.556. The van der Waals surface area contributed by atoms with Crippen LogP contribution in [-0.2, 0) is 9.59 Å². The lowest BCUT2D eigenvalue weighted by atomic mass is 9.82. The van der Waals surface area contributed by atoms with E-state index in [1.54, 1.807) is 6.92 Å².